The predicted octanol–water partition coefficient (Wildman–Crippen LogP) is 5.11. The molecule has 2 N–H and O–H groups in total. The minimum Gasteiger partial charge on any atom is -0.444 e. The van der Waals surface area contributed by atoms with E-state index in [0.717, 1.165) is 4.70 Å². The molecular weight excluding hydrogens is 435 g/mol. The van der Waals surface area contributed by atoms with Crippen LogP contribution in [0.2, 0.25) is 0 Å². The third-order valence-corrected chi connectivity index (χ3v) is 6.21. The minimum atomic E-state index is -0.576. The van der Waals surface area contributed by atoms with E-state index in [1.54, 1.807) is 39.1 Å². The number of hydrogen-bond donors (Lipinski definition) is 2. The monoisotopic (exact) mass is 454 g/mol. The van der Waals surface area contributed by atoms with Crippen LogP contribution in [0.25, 0.3) is 10.2 Å². The Morgan fingerprint density at radius 2 is 2.03 bits per heavy atom. The maximum absolute atomic E-state index is 13.3. The first-order chi connectivity index (χ1) is 13.6. The second-order valence-corrected chi connectivity index (χ2v) is 10.5. The third-order valence-electron chi connectivity index (χ3n) is 3.28. The molecule has 0 saturated carbocycles. The zero-order valence-electron chi connectivity index (χ0n) is 16.1. The SMILES string of the molecule is CC(NC(=O)OC(C)(C)C)Sc1nc(C(=O)Nc2nc3cc(F)ccc3s2)cs1. The van der Waals surface area contributed by atoms with E-state index in [4.69, 9.17) is 4.74 Å². The van der Waals surface area contributed by atoms with Gasteiger partial charge in [0.25, 0.3) is 5.91 Å². The summed E-state index contributed by atoms with van der Waals surface area (Å²) in [6, 6.07) is 4.29. The number of nitrogens with zero attached hydrogens (tertiary/aromatic N) is 2. The van der Waals surface area contributed by atoms with E-state index in [-0.39, 0.29) is 16.9 Å². The van der Waals surface area contributed by atoms with Crippen LogP contribution < -0.4 is 10.6 Å². The summed E-state index contributed by atoms with van der Waals surface area (Å²) < 4.78 is 19.9. The van der Waals surface area contributed by atoms with Crippen LogP contribution in [0.1, 0.15) is 38.2 Å². The smallest absolute Gasteiger partial charge is 0.408 e. The molecule has 0 fully saturated rings. The quantitative estimate of drug-likeness (QED) is 0.411. The van der Waals surface area contributed by atoms with E-state index >= 15 is 0 Å². The molecule has 2 amide bonds. The molecule has 3 aromatic rings. The molecule has 1 atom stereocenters. The molecule has 2 heterocycles. The average molecular weight is 455 g/mol. The molecule has 154 valence electrons. The van der Waals surface area contributed by atoms with Crippen LogP contribution in [0, 0.1) is 5.82 Å². The number of aromatic nitrogens is 2. The van der Waals surface area contributed by atoms with Crippen LogP contribution in [0.3, 0.4) is 0 Å². The molecule has 0 aliphatic heterocycles. The fourth-order valence-corrected chi connectivity index (χ4v) is 4.96. The summed E-state index contributed by atoms with van der Waals surface area (Å²) in [5, 5.41) is 7.11. The van der Waals surface area contributed by atoms with Gasteiger partial charge >= 0.3 is 6.09 Å². The number of benzene rings is 1. The number of alkyl carbamates (subject to hydrolysis) is 1. The van der Waals surface area contributed by atoms with Crippen molar-refractivity contribution in [3.63, 3.8) is 0 Å². The number of halogens is 1. The van der Waals surface area contributed by atoms with Crippen molar-refractivity contribution in [2.45, 2.75) is 43.0 Å². The molecule has 0 saturated heterocycles. The number of rotatable bonds is 5. The lowest BCUT2D eigenvalue weighted by molar-refractivity contribution is 0.0525. The number of nitrogens with one attached hydrogen (secondary N) is 2. The van der Waals surface area contributed by atoms with Crippen LogP contribution in [0.5, 0.6) is 0 Å². The maximum Gasteiger partial charge on any atom is 0.408 e. The Kier molecular flexibility index (Phi) is 6.39. The molecule has 2 aromatic heterocycles. The van der Waals surface area contributed by atoms with Crippen molar-refractivity contribution in [1.82, 2.24) is 15.3 Å². The summed E-state index contributed by atoms with van der Waals surface area (Å²) in [6.07, 6.45) is -0.515. The Balaban J connectivity index is 1.58. The highest BCUT2D eigenvalue weighted by Crippen LogP contribution is 2.28. The zero-order chi connectivity index (χ0) is 21.2. The molecule has 0 aliphatic carbocycles. The number of thiazole rings is 2. The van der Waals surface area contributed by atoms with Gasteiger partial charge in [0.2, 0.25) is 0 Å². The lowest BCUT2D eigenvalue weighted by Gasteiger charge is -2.21. The summed E-state index contributed by atoms with van der Waals surface area (Å²) in [7, 11) is 0. The molecule has 1 aromatic carbocycles. The van der Waals surface area contributed by atoms with E-state index in [1.165, 1.54) is 46.6 Å². The predicted molar refractivity (Wildman–Crippen MR) is 114 cm³/mol. The highest BCUT2D eigenvalue weighted by molar-refractivity contribution is 8.01. The van der Waals surface area contributed by atoms with Gasteiger partial charge in [-0.1, -0.05) is 23.1 Å². The topological polar surface area (TPSA) is 93.2 Å². The molecule has 11 heteroatoms. The van der Waals surface area contributed by atoms with Gasteiger partial charge in [0.05, 0.1) is 15.6 Å². The fraction of sp³-hybridized carbons (Fsp3) is 0.333. The van der Waals surface area contributed by atoms with E-state index in [0.29, 0.717) is 15.0 Å². The number of thioether (sulfide) groups is 1. The van der Waals surface area contributed by atoms with E-state index in [2.05, 4.69) is 20.6 Å². The van der Waals surface area contributed by atoms with Crippen molar-refractivity contribution in [2.24, 2.45) is 0 Å². The Hall–Kier alpha value is -2.24. The van der Waals surface area contributed by atoms with Gasteiger partial charge in [-0.3, -0.25) is 10.1 Å². The minimum absolute atomic E-state index is 0.243. The van der Waals surface area contributed by atoms with Crippen LogP contribution >= 0.6 is 34.4 Å². The van der Waals surface area contributed by atoms with Crippen molar-refractivity contribution in [1.29, 1.82) is 0 Å². The molecular formula is C18H19FN4O3S3. The zero-order valence-corrected chi connectivity index (χ0v) is 18.6. The van der Waals surface area contributed by atoms with Gasteiger partial charge in [-0.15, -0.1) is 11.3 Å². The van der Waals surface area contributed by atoms with Crippen LogP contribution in [-0.2, 0) is 4.74 Å². The average Bonchev–Trinajstić information content (AvgIpc) is 3.18. The van der Waals surface area contributed by atoms with Gasteiger partial charge in [-0.2, -0.15) is 0 Å². The highest BCUT2D eigenvalue weighted by Gasteiger charge is 2.20. The van der Waals surface area contributed by atoms with Crippen LogP contribution in [0.4, 0.5) is 14.3 Å². The first-order valence-corrected chi connectivity index (χ1v) is 11.2. The summed E-state index contributed by atoms with van der Waals surface area (Å²) >= 11 is 3.86. The largest absolute Gasteiger partial charge is 0.444 e. The first kappa shape index (κ1) is 21.5. The Morgan fingerprint density at radius 3 is 2.76 bits per heavy atom. The van der Waals surface area contributed by atoms with Gasteiger partial charge in [-0.25, -0.2) is 19.2 Å². The third kappa shape index (κ3) is 6.12. The van der Waals surface area contributed by atoms with Crippen LogP contribution in [0.15, 0.2) is 27.9 Å². The van der Waals surface area contributed by atoms with Crippen molar-refractivity contribution < 1.29 is 18.7 Å². The molecule has 0 spiro atoms. The fourth-order valence-electron chi connectivity index (χ4n) is 2.19. The maximum atomic E-state index is 13.3. The molecule has 0 radical (unpaired) electrons. The molecule has 3 rings (SSSR count). The molecule has 1 unspecified atom stereocenters. The molecule has 7 nitrogen and oxygen atoms in total. The normalized spacial score (nSPS) is 12.6. The lowest BCUT2D eigenvalue weighted by atomic mass is 10.2. The second kappa shape index (κ2) is 8.64. The van der Waals surface area contributed by atoms with Gasteiger partial charge in [0.1, 0.15) is 17.1 Å². The van der Waals surface area contributed by atoms with E-state index in [1.807, 2.05) is 0 Å². The Labute approximate surface area is 179 Å². The summed E-state index contributed by atoms with van der Waals surface area (Å²) in [6.45, 7) is 7.17. The number of carbonyl (C=O) groups excluding carboxylic acids is 2. The number of amides is 2. The number of anilines is 1. The van der Waals surface area contributed by atoms with Gasteiger partial charge in [0, 0.05) is 11.4 Å². The standard InChI is InChI=1S/C18H19FN4O3S3/c1-9(20-16(25)26-18(2,3)4)28-17-22-12(8-27-17)14(24)23-15-21-11-7-10(19)5-6-13(11)29-15/h5-9H,1-4H3,(H,20,25)(H,21,23,24). The van der Waals surface area contributed by atoms with E-state index in [9.17, 15) is 14.0 Å². The Bertz CT molecular complexity index is 1040. The molecule has 0 bridgehead atoms. The van der Waals surface area contributed by atoms with Crippen molar-refractivity contribution in [2.75, 3.05) is 5.32 Å². The van der Waals surface area contributed by atoms with Gasteiger partial charge in [-0.05, 0) is 39.8 Å². The number of carbonyl (C=O) groups is 2. The molecule has 0 aliphatic rings. The first-order valence-electron chi connectivity index (χ1n) is 8.58. The van der Waals surface area contributed by atoms with Crippen molar-refractivity contribution in [3.05, 3.63) is 35.1 Å². The second-order valence-electron chi connectivity index (χ2n) is 6.99. The number of ether oxygens (including phenoxy) is 1. The van der Waals surface area contributed by atoms with Crippen molar-refractivity contribution in [3.8, 4) is 0 Å². The van der Waals surface area contributed by atoms with Gasteiger partial charge in [0.15, 0.2) is 9.47 Å². The summed E-state index contributed by atoms with van der Waals surface area (Å²) in [4.78, 5) is 32.7. The summed E-state index contributed by atoms with van der Waals surface area (Å²) in [5.41, 5.74) is 0.155. The summed E-state index contributed by atoms with van der Waals surface area (Å²) in [5.74, 6) is -0.781. The van der Waals surface area contributed by atoms with Crippen LogP contribution in [-0.4, -0.2) is 32.9 Å². The van der Waals surface area contributed by atoms with Crippen molar-refractivity contribution >= 4 is 61.8 Å². The molecule has 29 heavy (non-hydrogen) atoms. The van der Waals surface area contributed by atoms with Gasteiger partial charge < -0.3 is 10.1 Å². The lowest BCUT2D eigenvalue weighted by Crippen LogP contribution is -2.36. The number of hydrogen-bond acceptors (Lipinski definition) is 8. The Morgan fingerprint density at radius 1 is 1.28 bits per heavy atom. The number of fused-ring (bicyclic) bond motifs is 1. The van der Waals surface area contributed by atoms with E-state index < -0.39 is 17.6 Å². The highest BCUT2D eigenvalue weighted by atomic mass is 32.2.